The molecule has 1 aromatic heterocycles. The minimum Gasteiger partial charge on any atom is -0.324 e. The average Bonchev–Trinajstić information content (AvgIpc) is 2.71. The van der Waals surface area contributed by atoms with E-state index < -0.39 is 0 Å². The van der Waals surface area contributed by atoms with Gasteiger partial charge in [0.1, 0.15) is 12.1 Å². The summed E-state index contributed by atoms with van der Waals surface area (Å²) in [6, 6.07) is 24.2. The molecule has 0 aliphatic carbocycles. The van der Waals surface area contributed by atoms with E-state index in [1.54, 1.807) is 24.3 Å². The van der Waals surface area contributed by atoms with Crippen molar-refractivity contribution in [3.8, 4) is 11.1 Å². The quantitative estimate of drug-likeness (QED) is 0.610. The molecule has 0 aliphatic rings. The summed E-state index contributed by atoms with van der Waals surface area (Å²) in [5, 5.41) is 11.2. The maximum Gasteiger partial charge on any atom is 0.278 e. The van der Waals surface area contributed by atoms with Gasteiger partial charge in [0.25, 0.3) is 5.56 Å². The van der Waals surface area contributed by atoms with Gasteiger partial charge in [-0.15, -0.1) is 5.10 Å². The van der Waals surface area contributed by atoms with Crippen molar-refractivity contribution < 1.29 is 4.79 Å². The molecule has 0 fully saturated rings. The molecule has 0 saturated carbocycles. The van der Waals surface area contributed by atoms with E-state index in [4.69, 9.17) is 0 Å². The van der Waals surface area contributed by atoms with Gasteiger partial charge in [-0.1, -0.05) is 65.9 Å². The van der Waals surface area contributed by atoms with Gasteiger partial charge in [0.15, 0.2) is 0 Å². The zero-order valence-electron chi connectivity index (χ0n) is 14.4. The molecule has 0 saturated heterocycles. The van der Waals surface area contributed by atoms with Crippen LogP contribution < -0.4 is 10.9 Å². The number of carbonyl (C=O) groups excluding carboxylic acids is 1. The van der Waals surface area contributed by atoms with Crippen LogP contribution in [0.25, 0.3) is 22.0 Å². The Bertz CT molecular complexity index is 1170. The van der Waals surface area contributed by atoms with E-state index >= 15 is 0 Å². The van der Waals surface area contributed by atoms with Crippen molar-refractivity contribution in [2.45, 2.75) is 6.54 Å². The van der Waals surface area contributed by atoms with Crippen LogP contribution in [0.4, 0.5) is 5.69 Å². The third kappa shape index (κ3) is 3.46. The van der Waals surface area contributed by atoms with Crippen LogP contribution >= 0.6 is 0 Å². The summed E-state index contributed by atoms with van der Waals surface area (Å²) in [6.45, 7) is -0.209. The van der Waals surface area contributed by atoms with E-state index in [2.05, 4.69) is 15.6 Å². The summed E-state index contributed by atoms with van der Waals surface area (Å²) in [5.74, 6) is -0.343. The zero-order valence-corrected chi connectivity index (χ0v) is 14.4. The minimum absolute atomic E-state index is 0.209. The van der Waals surface area contributed by atoms with Crippen LogP contribution in [0.2, 0.25) is 0 Å². The number of benzene rings is 3. The Labute approximate surface area is 155 Å². The summed E-state index contributed by atoms with van der Waals surface area (Å²) in [5.41, 5.74) is 2.75. The highest BCUT2D eigenvalue weighted by Crippen LogP contribution is 2.27. The van der Waals surface area contributed by atoms with Gasteiger partial charge in [0, 0.05) is 11.3 Å². The first-order chi connectivity index (χ1) is 13.2. The van der Waals surface area contributed by atoms with Crippen LogP contribution in [-0.4, -0.2) is 20.9 Å². The summed E-state index contributed by atoms with van der Waals surface area (Å²) < 4.78 is 1.07. The Kier molecular flexibility index (Phi) is 4.45. The number of rotatable bonds is 4. The lowest BCUT2D eigenvalue weighted by Crippen LogP contribution is -2.30. The standard InChI is InChI=1S/C21H16N4O2/c26-20(14-25-21(27)17-11-5-7-13-19(17)23-24-25)22-18-12-6-4-10-16(18)15-8-2-1-3-9-15/h1-13H,14H2,(H,22,26). The monoisotopic (exact) mass is 356 g/mol. The lowest BCUT2D eigenvalue weighted by molar-refractivity contribution is -0.117. The Morgan fingerprint density at radius 2 is 1.59 bits per heavy atom. The number of hydrogen-bond acceptors (Lipinski definition) is 4. The van der Waals surface area contributed by atoms with Crippen LogP contribution in [-0.2, 0) is 11.3 Å². The first-order valence-electron chi connectivity index (χ1n) is 8.49. The molecule has 6 heteroatoms. The fourth-order valence-electron chi connectivity index (χ4n) is 2.91. The summed E-state index contributed by atoms with van der Waals surface area (Å²) in [6.07, 6.45) is 0. The lowest BCUT2D eigenvalue weighted by Gasteiger charge is -2.11. The van der Waals surface area contributed by atoms with E-state index in [1.165, 1.54) is 0 Å². The largest absolute Gasteiger partial charge is 0.324 e. The van der Waals surface area contributed by atoms with Crippen LogP contribution in [0.3, 0.4) is 0 Å². The van der Waals surface area contributed by atoms with Crippen LogP contribution in [0.5, 0.6) is 0 Å². The molecule has 0 atom stereocenters. The molecule has 0 spiro atoms. The van der Waals surface area contributed by atoms with E-state index in [0.717, 1.165) is 15.8 Å². The Morgan fingerprint density at radius 3 is 2.44 bits per heavy atom. The number of aromatic nitrogens is 3. The van der Waals surface area contributed by atoms with Crippen LogP contribution in [0.1, 0.15) is 0 Å². The van der Waals surface area contributed by atoms with E-state index in [1.807, 2.05) is 54.6 Å². The molecule has 132 valence electrons. The highest BCUT2D eigenvalue weighted by Gasteiger charge is 2.12. The second-order valence-electron chi connectivity index (χ2n) is 6.03. The first-order valence-corrected chi connectivity index (χ1v) is 8.49. The molecule has 0 bridgehead atoms. The number of amides is 1. The Balaban J connectivity index is 1.60. The van der Waals surface area contributed by atoms with Crippen molar-refractivity contribution in [2.75, 3.05) is 5.32 Å². The summed E-state index contributed by atoms with van der Waals surface area (Å²) in [7, 11) is 0. The highest BCUT2D eigenvalue weighted by atomic mass is 16.2. The van der Waals surface area contributed by atoms with E-state index in [0.29, 0.717) is 16.6 Å². The van der Waals surface area contributed by atoms with Crippen molar-refractivity contribution in [2.24, 2.45) is 0 Å². The normalized spacial score (nSPS) is 10.7. The number of anilines is 1. The maximum absolute atomic E-state index is 12.5. The molecule has 1 N–H and O–H groups in total. The second-order valence-corrected chi connectivity index (χ2v) is 6.03. The lowest BCUT2D eigenvalue weighted by atomic mass is 10.0. The molecule has 0 unspecified atom stereocenters. The van der Waals surface area contributed by atoms with Crippen LogP contribution in [0, 0.1) is 0 Å². The Morgan fingerprint density at radius 1 is 0.889 bits per heavy atom. The third-order valence-electron chi connectivity index (χ3n) is 4.21. The molecule has 0 aliphatic heterocycles. The van der Waals surface area contributed by atoms with Gasteiger partial charge in [0.05, 0.1) is 5.39 Å². The molecule has 27 heavy (non-hydrogen) atoms. The van der Waals surface area contributed by atoms with E-state index in [9.17, 15) is 9.59 Å². The highest BCUT2D eigenvalue weighted by molar-refractivity contribution is 5.95. The summed E-state index contributed by atoms with van der Waals surface area (Å²) >= 11 is 0. The van der Waals surface area contributed by atoms with Crippen molar-refractivity contribution in [3.63, 3.8) is 0 Å². The maximum atomic E-state index is 12.5. The number of para-hydroxylation sites is 1. The minimum atomic E-state index is -0.343. The van der Waals surface area contributed by atoms with Gasteiger partial charge in [-0.25, -0.2) is 4.68 Å². The topological polar surface area (TPSA) is 76.9 Å². The fraction of sp³-hybridized carbons (Fsp3) is 0.0476. The fourth-order valence-corrected chi connectivity index (χ4v) is 2.91. The zero-order chi connectivity index (χ0) is 18.6. The number of hydrogen-bond donors (Lipinski definition) is 1. The van der Waals surface area contributed by atoms with Gasteiger partial charge in [-0.3, -0.25) is 9.59 Å². The molecule has 4 rings (SSSR count). The molecule has 6 nitrogen and oxygen atoms in total. The predicted octanol–water partition coefficient (Wildman–Crippen LogP) is 3.10. The molecule has 1 heterocycles. The number of fused-ring (bicyclic) bond motifs is 1. The number of nitrogens with one attached hydrogen (secondary N) is 1. The number of carbonyl (C=O) groups is 1. The van der Waals surface area contributed by atoms with Gasteiger partial charge < -0.3 is 5.32 Å². The second kappa shape index (κ2) is 7.21. The Hall–Kier alpha value is -3.80. The molecule has 4 aromatic rings. The predicted molar refractivity (Wildman–Crippen MR) is 104 cm³/mol. The SMILES string of the molecule is O=C(Cn1nnc2ccccc2c1=O)Nc1ccccc1-c1ccccc1. The average molecular weight is 356 g/mol. The van der Waals surface area contributed by atoms with Crippen molar-refractivity contribution >= 4 is 22.5 Å². The molecule has 1 amide bonds. The van der Waals surface area contributed by atoms with Gasteiger partial charge in [-0.2, -0.15) is 0 Å². The van der Waals surface area contributed by atoms with Crippen LogP contribution in [0.15, 0.2) is 83.7 Å². The van der Waals surface area contributed by atoms with Crippen molar-refractivity contribution in [1.82, 2.24) is 15.0 Å². The third-order valence-corrected chi connectivity index (χ3v) is 4.21. The molecular formula is C21H16N4O2. The molecule has 3 aromatic carbocycles. The van der Waals surface area contributed by atoms with Crippen molar-refractivity contribution in [3.05, 3.63) is 89.2 Å². The van der Waals surface area contributed by atoms with Gasteiger partial charge in [0.2, 0.25) is 5.91 Å². The summed E-state index contributed by atoms with van der Waals surface area (Å²) in [4.78, 5) is 25.0. The van der Waals surface area contributed by atoms with Gasteiger partial charge >= 0.3 is 0 Å². The smallest absolute Gasteiger partial charge is 0.278 e. The van der Waals surface area contributed by atoms with Gasteiger partial charge in [-0.05, 0) is 23.8 Å². The number of nitrogens with zero attached hydrogens (tertiary/aromatic N) is 3. The van der Waals surface area contributed by atoms with E-state index in [-0.39, 0.29) is 18.0 Å². The first kappa shape index (κ1) is 16.7. The van der Waals surface area contributed by atoms with Crippen molar-refractivity contribution in [1.29, 1.82) is 0 Å². The molecular weight excluding hydrogens is 340 g/mol. The molecule has 0 radical (unpaired) electrons.